The molecule has 11 heteroatoms. The number of rotatable bonds is 7. The quantitative estimate of drug-likeness (QED) is 0.598. The Morgan fingerprint density at radius 3 is 2.33 bits per heavy atom. The van der Waals surface area contributed by atoms with Gasteiger partial charge in [-0.15, -0.1) is 0 Å². The monoisotopic (exact) mass is 503 g/mol. The molecule has 0 saturated carbocycles. The highest BCUT2D eigenvalue weighted by atomic mass is 19.2. The second-order valence-electron chi connectivity index (χ2n) is 9.51. The van der Waals surface area contributed by atoms with E-state index in [-0.39, 0.29) is 17.9 Å². The van der Waals surface area contributed by atoms with Crippen molar-refractivity contribution in [3.05, 3.63) is 41.7 Å². The molecule has 36 heavy (non-hydrogen) atoms. The number of anilines is 1. The number of likely N-dealkylation sites (tertiary alicyclic amines) is 1. The summed E-state index contributed by atoms with van der Waals surface area (Å²) in [6.45, 7) is 6.40. The summed E-state index contributed by atoms with van der Waals surface area (Å²) < 4.78 is 32.9. The van der Waals surface area contributed by atoms with Gasteiger partial charge >= 0.3 is 6.01 Å². The number of aromatic nitrogens is 2. The Balaban J connectivity index is 1.32. The Morgan fingerprint density at radius 1 is 1.08 bits per heavy atom. The number of carbonyl (C=O) groups is 2. The van der Waals surface area contributed by atoms with Crippen LogP contribution in [0.15, 0.2) is 24.5 Å². The minimum atomic E-state index is -1.51. The van der Waals surface area contributed by atoms with Gasteiger partial charge in [-0.05, 0) is 30.9 Å². The van der Waals surface area contributed by atoms with Crippen molar-refractivity contribution in [1.82, 2.24) is 20.2 Å². The second kappa shape index (κ2) is 11.0. The van der Waals surface area contributed by atoms with E-state index in [0.717, 1.165) is 30.9 Å². The van der Waals surface area contributed by atoms with E-state index in [4.69, 9.17) is 4.74 Å². The molecule has 4 rings (SSSR count). The van der Waals surface area contributed by atoms with E-state index in [1.54, 1.807) is 31.1 Å². The van der Waals surface area contributed by atoms with Gasteiger partial charge in [0, 0.05) is 39.0 Å². The molecule has 1 atom stereocenters. The number of hydrogen-bond donors (Lipinski definition) is 2. The number of phenolic OH excluding ortho intramolecular Hbond substituents is 1. The fourth-order valence-corrected chi connectivity index (χ4v) is 4.50. The predicted molar refractivity (Wildman–Crippen MR) is 128 cm³/mol. The van der Waals surface area contributed by atoms with Crippen molar-refractivity contribution in [2.24, 2.45) is 5.92 Å². The summed E-state index contributed by atoms with van der Waals surface area (Å²) in [5.41, 5.74) is 0.550. The number of ether oxygens (including phenoxy) is 1. The highest BCUT2D eigenvalue weighted by Crippen LogP contribution is 2.25. The van der Waals surface area contributed by atoms with Crippen LogP contribution in [0.5, 0.6) is 11.8 Å². The zero-order valence-corrected chi connectivity index (χ0v) is 20.4. The molecule has 0 spiro atoms. The molecule has 0 radical (unpaired) electrons. The molecule has 3 heterocycles. The maximum absolute atomic E-state index is 13.7. The first-order valence-electron chi connectivity index (χ1n) is 12.2. The first-order chi connectivity index (χ1) is 17.2. The lowest BCUT2D eigenvalue weighted by atomic mass is 9.99. The summed E-state index contributed by atoms with van der Waals surface area (Å²) in [7, 11) is 0. The smallest absolute Gasteiger partial charge is 0.316 e. The molecular weight excluding hydrogens is 472 g/mol. The van der Waals surface area contributed by atoms with E-state index in [0.29, 0.717) is 31.9 Å². The molecular formula is C25H31F2N5O4. The largest absolute Gasteiger partial charge is 0.504 e. The summed E-state index contributed by atoms with van der Waals surface area (Å²) in [4.78, 5) is 38.4. The first-order valence-corrected chi connectivity index (χ1v) is 12.2. The number of benzene rings is 1. The second-order valence-corrected chi connectivity index (χ2v) is 9.51. The Labute approximate surface area is 208 Å². The van der Waals surface area contributed by atoms with Crippen molar-refractivity contribution in [3.8, 4) is 11.8 Å². The van der Waals surface area contributed by atoms with Crippen LogP contribution in [-0.2, 0) is 4.79 Å². The summed E-state index contributed by atoms with van der Waals surface area (Å²) >= 11 is 0. The first kappa shape index (κ1) is 25.6. The highest BCUT2D eigenvalue weighted by molar-refractivity contribution is 5.99. The molecule has 2 N–H and O–H groups in total. The van der Waals surface area contributed by atoms with Gasteiger partial charge in [0.25, 0.3) is 5.91 Å². The molecule has 2 amide bonds. The van der Waals surface area contributed by atoms with Gasteiger partial charge in [0.05, 0.1) is 23.6 Å². The molecule has 2 aromatic rings. The minimum absolute atomic E-state index is 0.141. The van der Waals surface area contributed by atoms with Crippen molar-refractivity contribution in [1.29, 1.82) is 0 Å². The van der Waals surface area contributed by atoms with Crippen LogP contribution in [0.1, 0.15) is 49.9 Å². The number of aromatic hydroxyl groups is 1. The van der Waals surface area contributed by atoms with Crippen molar-refractivity contribution in [2.75, 3.05) is 31.1 Å². The zero-order chi connectivity index (χ0) is 25.8. The summed E-state index contributed by atoms with van der Waals surface area (Å²) in [6, 6.07) is 1.14. The fraction of sp³-hybridized carbons (Fsp3) is 0.520. The van der Waals surface area contributed by atoms with E-state index in [1.165, 1.54) is 12.8 Å². The number of piperidine rings is 1. The molecule has 0 bridgehead atoms. The maximum Gasteiger partial charge on any atom is 0.316 e. The third-order valence-corrected chi connectivity index (χ3v) is 6.64. The Kier molecular flexibility index (Phi) is 7.85. The molecule has 0 unspecified atom stereocenters. The van der Waals surface area contributed by atoms with Gasteiger partial charge in [-0.2, -0.15) is 4.39 Å². The molecule has 2 saturated heterocycles. The topological polar surface area (TPSA) is 108 Å². The molecule has 2 aliphatic heterocycles. The van der Waals surface area contributed by atoms with Crippen LogP contribution in [0.4, 0.5) is 14.5 Å². The van der Waals surface area contributed by atoms with Crippen molar-refractivity contribution in [2.45, 2.75) is 51.7 Å². The lowest BCUT2D eigenvalue weighted by molar-refractivity contribution is -0.136. The minimum Gasteiger partial charge on any atom is -0.504 e. The van der Waals surface area contributed by atoms with Crippen LogP contribution in [0.2, 0.25) is 0 Å². The van der Waals surface area contributed by atoms with Crippen LogP contribution in [0, 0.1) is 17.6 Å². The summed E-state index contributed by atoms with van der Waals surface area (Å²) in [5.74, 6) is -5.27. The number of nitrogens with one attached hydrogen (secondary N) is 1. The highest BCUT2D eigenvalue weighted by Gasteiger charge is 2.33. The van der Waals surface area contributed by atoms with Crippen molar-refractivity contribution in [3.63, 3.8) is 0 Å². The molecule has 1 aromatic carbocycles. The molecule has 9 nitrogen and oxygen atoms in total. The number of halogens is 2. The third-order valence-electron chi connectivity index (χ3n) is 6.64. The molecule has 194 valence electrons. The van der Waals surface area contributed by atoms with E-state index in [2.05, 4.69) is 20.2 Å². The number of nitrogens with zero attached hydrogens (tertiary/aromatic N) is 4. The number of phenols is 1. The molecule has 2 fully saturated rings. The Morgan fingerprint density at radius 2 is 1.72 bits per heavy atom. The summed E-state index contributed by atoms with van der Waals surface area (Å²) in [5, 5.41) is 12.4. The summed E-state index contributed by atoms with van der Waals surface area (Å²) in [6.07, 6.45) is 6.89. The number of hydrogen-bond acceptors (Lipinski definition) is 7. The number of amides is 2. The average molecular weight is 504 g/mol. The predicted octanol–water partition coefficient (Wildman–Crippen LogP) is 2.89. The van der Waals surface area contributed by atoms with Gasteiger partial charge < -0.3 is 25.0 Å². The SMILES string of the molecule is CC(C)[C@H](NC(=O)c1ccc(F)c(F)c1O)C(=O)N1CCC(Oc2ncc(N3CCCC3)cn2)CC1. The van der Waals surface area contributed by atoms with Crippen molar-refractivity contribution >= 4 is 17.5 Å². The van der Waals surface area contributed by atoms with Crippen LogP contribution >= 0.6 is 0 Å². The molecule has 2 aliphatic rings. The third kappa shape index (κ3) is 5.66. The average Bonchev–Trinajstić information content (AvgIpc) is 3.41. The van der Waals surface area contributed by atoms with Crippen LogP contribution in [0.3, 0.4) is 0 Å². The Hall–Kier alpha value is -3.50. The zero-order valence-electron chi connectivity index (χ0n) is 20.4. The lowest BCUT2D eigenvalue weighted by Crippen LogP contribution is -2.53. The van der Waals surface area contributed by atoms with Gasteiger partial charge in [0.1, 0.15) is 12.1 Å². The van der Waals surface area contributed by atoms with Gasteiger partial charge in [0.15, 0.2) is 11.6 Å². The van der Waals surface area contributed by atoms with Crippen LogP contribution in [0.25, 0.3) is 0 Å². The fourth-order valence-electron chi connectivity index (χ4n) is 4.50. The normalized spacial score (nSPS) is 17.4. The van der Waals surface area contributed by atoms with Gasteiger partial charge in [-0.25, -0.2) is 14.4 Å². The lowest BCUT2D eigenvalue weighted by Gasteiger charge is -2.35. The standard InChI is InChI=1S/C25H31F2N5O4/c1-15(2)21(30-23(34)18-5-6-19(26)20(27)22(18)33)24(35)32-11-7-17(8-12-32)36-25-28-13-16(14-29-25)31-9-3-4-10-31/h5-6,13-15,17,21,33H,3-4,7-12H2,1-2H3,(H,30,34)/t21-/m0/s1. The van der Waals surface area contributed by atoms with Gasteiger partial charge in [-0.1, -0.05) is 13.8 Å². The van der Waals surface area contributed by atoms with Crippen LogP contribution in [-0.4, -0.2) is 70.1 Å². The van der Waals surface area contributed by atoms with E-state index in [9.17, 15) is 23.5 Å². The molecule has 0 aliphatic carbocycles. The van der Waals surface area contributed by atoms with Crippen LogP contribution < -0.4 is 15.0 Å². The maximum atomic E-state index is 13.7. The van der Waals surface area contributed by atoms with E-state index in [1.807, 2.05) is 0 Å². The molecule has 1 aromatic heterocycles. The number of carbonyl (C=O) groups excluding carboxylic acids is 2. The van der Waals surface area contributed by atoms with Crippen molar-refractivity contribution < 1.29 is 28.2 Å². The van der Waals surface area contributed by atoms with Gasteiger partial charge in [0.2, 0.25) is 11.7 Å². The van der Waals surface area contributed by atoms with E-state index < -0.39 is 34.9 Å². The van der Waals surface area contributed by atoms with E-state index >= 15 is 0 Å². The Bertz CT molecular complexity index is 1080. The van der Waals surface area contributed by atoms with Gasteiger partial charge in [-0.3, -0.25) is 9.59 Å².